The van der Waals surface area contributed by atoms with Gasteiger partial charge in [0, 0.05) is 17.4 Å². The standard InChI is InChI=1S/C20H16N4O9S/c1-13(25)30-4-5-31-18-8-15(17(11-22)24-3)19(9-14(18)16(10-21)23-2)32-6-7-33-20(26)12-34(27,28)29/h8-9H,4-7,12H2,1H3,(H,27,28,29). The molecule has 0 aliphatic rings. The van der Waals surface area contributed by atoms with E-state index in [9.17, 15) is 28.5 Å². The van der Waals surface area contributed by atoms with Gasteiger partial charge >= 0.3 is 11.9 Å². The molecule has 0 atom stereocenters. The van der Waals surface area contributed by atoms with Crippen LogP contribution in [0.4, 0.5) is 0 Å². The van der Waals surface area contributed by atoms with E-state index in [4.69, 9.17) is 31.9 Å². The number of hydrogen-bond donors (Lipinski definition) is 1. The molecule has 13 nitrogen and oxygen atoms in total. The first-order valence-electron chi connectivity index (χ1n) is 9.03. The molecule has 0 fully saturated rings. The van der Waals surface area contributed by atoms with E-state index in [1.54, 1.807) is 12.1 Å². The van der Waals surface area contributed by atoms with Gasteiger partial charge in [0.1, 0.15) is 37.9 Å². The van der Waals surface area contributed by atoms with Crippen LogP contribution in [0, 0.1) is 35.8 Å². The quantitative estimate of drug-likeness (QED) is 0.195. The van der Waals surface area contributed by atoms with Gasteiger partial charge in [-0.05, 0) is 12.1 Å². The fraction of sp³-hybridized carbons (Fsp3) is 0.300. The molecular formula is C20H16N4O9S. The highest BCUT2D eigenvalue weighted by Gasteiger charge is 2.15. The average Bonchev–Trinajstić information content (AvgIpc) is 2.76. The van der Waals surface area contributed by atoms with E-state index in [-0.39, 0.29) is 41.8 Å². The minimum absolute atomic E-state index is 0.0373. The lowest BCUT2D eigenvalue weighted by Crippen LogP contribution is -2.23. The predicted molar refractivity (Wildman–Crippen MR) is 112 cm³/mol. The number of carbonyl (C=O) groups is 2. The van der Waals surface area contributed by atoms with Crippen LogP contribution in [0.25, 0.3) is 21.1 Å². The molecule has 1 aromatic rings. The molecule has 1 N–H and O–H groups in total. The van der Waals surface area contributed by atoms with Crippen molar-refractivity contribution in [1.82, 2.24) is 0 Å². The van der Waals surface area contributed by atoms with Crippen LogP contribution in [0.3, 0.4) is 0 Å². The normalized spacial score (nSPS) is 11.9. The van der Waals surface area contributed by atoms with Crippen LogP contribution < -0.4 is 19.9 Å². The molecule has 0 spiro atoms. The van der Waals surface area contributed by atoms with Crippen molar-refractivity contribution in [2.75, 3.05) is 32.2 Å². The maximum atomic E-state index is 11.3. The van der Waals surface area contributed by atoms with Crippen molar-refractivity contribution in [3.63, 3.8) is 0 Å². The number of carbonyl (C=O) groups excluding carboxylic acids is 2. The maximum Gasteiger partial charge on any atom is 0.323 e. The van der Waals surface area contributed by atoms with Crippen LogP contribution in [0.5, 0.6) is 11.5 Å². The molecule has 0 amide bonds. The van der Waals surface area contributed by atoms with Crippen molar-refractivity contribution in [3.05, 3.63) is 45.4 Å². The molecule has 0 bridgehead atoms. The number of rotatable bonds is 10. The summed E-state index contributed by atoms with van der Waals surface area (Å²) in [6.07, 6.45) is 0. The largest absolute Gasteiger partial charge is 0.491 e. The second-order valence-electron chi connectivity index (χ2n) is 5.97. The minimum Gasteiger partial charge on any atom is -0.491 e. The second-order valence-corrected chi connectivity index (χ2v) is 7.43. The molecule has 0 saturated carbocycles. The Balaban J connectivity index is 3.37. The highest BCUT2D eigenvalue weighted by molar-refractivity contribution is 7.86. The van der Waals surface area contributed by atoms with Gasteiger partial charge in [-0.25, -0.2) is 20.2 Å². The zero-order chi connectivity index (χ0) is 25.7. The van der Waals surface area contributed by atoms with Crippen LogP contribution >= 0.6 is 0 Å². The lowest BCUT2D eigenvalue weighted by molar-refractivity contribution is -0.142. The molecule has 0 aliphatic carbocycles. The van der Waals surface area contributed by atoms with Gasteiger partial charge in [0.25, 0.3) is 21.5 Å². The molecule has 0 heterocycles. The fourth-order valence-corrected chi connectivity index (χ4v) is 2.68. The van der Waals surface area contributed by atoms with Crippen molar-refractivity contribution >= 4 is 33.5 Å². The van der Waals surface area contributed by atoms with Crippen LogP contribution in [0.2, 0.25) is 0 Å². The molecule has 0 aromatic heterocycles. The van der Waals surface area contributed by atoms with Gasteiger partial charge in [0.2, 0.25) is 0 Å². The Morgan fingerprint density at radius 2 is 1.38 bits per heavy atom. The van der Waals surface area contributed by atoms with Crippen molar-refractivity contribution in [2.24, 2.45) is 0 Å². The topological polar surface area (TPSA) is 182 Å². The van der Waals surface area contributed by atoms with Gasteiger partial charge in [-0.15, -0.1) is 0 Å². The van der Waals surface area contributed by atoms with Gasteiger partial charge in [0.15, 0.2) is 5.75 Å². The first kappa shape index (κ1) is 27.4. The van der Waals surface area contributed by atoms with Crippen molar-refractivity contribution < 1.29 is 41.5 Å². The molecule has 0 unspecified atom stereocenters. The van der Waals surface area contributed by atoms with E-state index in [0.717, 1.165) is 0 Å². The van der Waals surface area contributed by atoms with Gasteiger partial charge in [-0.1, -0.05) is 0 Å². The molecule has 14 heteroatoms. The lowest BCUT2D eigenvalue weighted by Gasteiger charge is -2.12. The number of benzene rings is 1. The molecule has 0 saturated heterocycles. The zero-order valence-corrected chi connectivity index (χ0v) is 18.4. The molecule has 0 radical (unpaired) electrons. The van der Waals surface area contributed by atoms with Crippen molar-refractivity contribution in [1.29, 1.82) is 10.5 Å². The second kappa shape index (κ2) is 13.0. The van der Waals surface area contributed by atoms with Crippen molar-refractivity contribution in [2.45, 2.75) is 6.92 Å². The first-order chi connectivity index (χ1) is 16.1. The number of esters is 2. The van der Waals surface area contributed by atoms with Crippen molar-refractivity contribution in [3.8, 4) is 23.6 Å². The third-order valence-corrected chi connectivity index (χ3v) is 4.18. The Labute approximate surface area is 194 Å². The third-order valence-electron chi connectivity index (χ3n) is 3.58. The summed E-state index contributed by atoms with van der Waals surface area (Å²) >= 11 is 0. The Bertz CT molecular complexity index is 1330. The average molecular weight is 488 g/mol. The van der Waals surface area contributed by atoms with Crippen LogP contribution in [0.1, 0.15) is 6.92 Å². The third kappa shape index (κ3) is 8.85. The van der Waals surface area contributed by atoms with Gasteiger partial charge in [-0.2, -0.15) is 8.42 Å². The maximum absolute atomic E-state index is 11.3. The SMILES string of the molecule is [C-]#[N+]C(C#N)=c1cc(OCCOC(=O)CS(=O)(=O)O)c(=C(C#N)[N+]#[C-])cc1OCCOC(C)=O. The summed E-state index contributed by atoms with van der Waals surface area (Å²) in [5.74, 6) is -3.22. The summed E-state index contributed by atoms with van der Waals surface area (Å²) < 4.78 is 50.3. The van der Waals surface area contributed by atoms with Crippen LogP contribution in [-0.2, 0) is 29.2 Å². The number of ether oxygens (including phenoxy) is 4. The summed E-state index contributed by atoms with van der Waals surface area (Å²) in [5, 5.41) is 18.5. The lowest BCUT2D eigenvalue weighted by atomic mass is 10.1. The molecule has 1 aromatic carbocycles. The summed E-state index contributed by atoms with van der Waals surface area (Å²) in [7, 11) is -4.57. The Morgan fingerprint density at radius 3 is 1.74 bits per heavy atom. The fourth-order valence-electron chi connectivity index (χ4n) is 2.29. The number of nitrogens with zero attached hydrogens (tertiary/aromatic N) is 4. The van der Waals surface area contributed by atoms with Gasteiger partial charge in [-0.3, -0.25) is 14.1 Å². The van der Waals surface area contributed by atoms with E-state index < -0.39 is 45.8 Å². The van der Waals surface area contributed by atoms with E-state index >= 15 is 0 Å². The van der Waals surface area contributed by atoms with E-state index in [1.807, 2.05) is 0 Å². The Hall–Kier alpha value is -4.63. The molecule has 176 valence electrons. The highest BCUT2D eigenvalue weighted by atomic mass is 32.2. The molecule has 34 heavy (non-hydrogen) atoms. The Morgan fingerprint density at radius 1 is 0.941 bits per heavy atom. The summed E-state index contributed by atoms with van der Waals surface area (Å²) in [6, 6.07) is 5.73. The molecular weight excluding hydrogens is 472 g/mol. The predicted octanol–water partition coefficient (Wildman–Crippen LogP) is -0.460. The highest BCUT2D eigenvalue weighted by Crippen LogP contribution is 2.12. The van der Waals surface area contributed by atoms with E-state index in [2.05, 4.69) is 14.4 Å². The smallest absolute Gasteiger partial charge is 0.323 e. The van der Waals surface area contributed by atoms with Gasteiger partial charge in [0.05, 0.1) is 25.3 Å². The van der Waals surface area contributed by atoms with E-state index in [0.29, 0.717) is 0 Å². The number of nitriles is 2. The number of hydrogen-bond acceptors (Lipinski definition) is 10. The summed E-state index contributed by atoms with van der Waals surface area (Å²) in [5.41, 5.74) is -0.823. The summed E-state index contributed by atoms with van der Waals surface area (Å²) in [4.78, 5) is 28.4. The van der Waals surface area contributed by atoms with Crippen LogP contribution in [-0.4, -0.2) is 57.1 Å². The zero-order valence-electron chi connectivity index (χ0n) is 17.6. The molecule has 1 rings (SSSR count). The summed E-state index contributed by atoms with van der Waals surface area (Å²) in [6.45, 7) is 14.5. The monoisotopic (exact) mass is 488 g/mol. The Kier molecular flexibility index (Phi) is 10.5. The molecule has 0 aliphatic heterocycles. The van der Waals surface area contributed by atoms with Crippen LogP contribution in [0.15, 0.2) is 12.1 Å². The minimum atomic E-state index is -4.57. The van der Waals surface area contributed by atoms with E-state index in [1.165, 1.54) is 19.1 Å². The van der Waals surface area contributed by atoms with Gasteiger partial charge < -0.3 is 18.9 Å². The first-order valence-corrected chi connectivity index (χ1v) is 10.6.